The van der Waals surface area contributed by atoms with Gasteiger partial charge in [0, 0.05) is 6.42 Å². The molecule has 290 valence electrons. The molecule has 0 saturated carbocycles. The number of nitrogens with one attached hydrogen (secondary N) is 1. The van der Waals surface area contributed by atoms with Gasteiger partial charge in [-0.1, -0.05) is 160 Å². The maximum Gasteiger partial charge on any atom is 0.472 e. The van der Waals surface area contributed by atoms with Gasteiger partial charge in [-0.05, 0) is 32.1 Å². The summed E-state index contributed by atoms with van der Waals surface area (Å²) < 4.78 is 23.4. The lowest BCUT2D eigenvalue weighted by atomic mass is 10.0. The van der Waals surface area contributed by atoms with E-state index in [1.807, 2.05) is 27.2 Å². The quantitative estimate of drug-likeness (QED) is 0.0258. The summed E-state index contributed by atoms with van der Waals surface area (Å²) in [7, 11) is 1.56. The third-order valence-electron chi connectivity index (χ3n) is 8.92. The van der Waals surface area contributed by atoms with Gasteiger partial charge in [-0.3, -0.25) is 13.8 Å². The highest BCUT2D eigenvalue weighted by Gasteiger charge is 2.27. The SMILES string of the molecule is CCCCCCCCCCC/C=C/CC/C=C/[C@@H](O)[C@H](COP(=O)(O)OCC[N+](C)(C)C)NC(=O)CCCCCCCCCCCCCC. The normalized spacial score (nSPS) is 14.8. The van der Waals surface area contributed by atoms with Crippen LogP contribution in [0.1, 0.15) is 174 Å². The van der Waals surface area contributed by atoms with Gasteiger partial charge in [0.25, 0.3) is 0 Å². The number of carbonyl (C=O) groups excluding carboxylic acids is 1. The van der Waals surface area contributed by atoms with Crippen molar-refractivity contribution in [3.63, 3.8) is 0 Å². The average molecular weight is 716 g/mol. The Labute approximate surface area is 303 Å². The molecule has 0 aliphatic carbocycles. The maximum atomic E-state index is 12.8. The Balaban J connectivity index is 4.55. The van der Waals surface area contributed by atoms with Crippen LogP contribution in [0.25, 0.3) is 0 Å². The summed E-state index contributed by atoms with van der Waals surface area (Å²) in [6.45, 7) is 4.77. The lowest BCUT2D eigenvalue weighted by molar-refractivity contribution is -0.870. The molecule has 9 heteroatoms. The first-order valence-electron chi connectivity index (χ1n) is 20.2. The van der Waals surface area contributed by atoms with Gasteiger partial charge in [0.15, 0.2) is 0 Å². The molecule has 0 radical (unpaired) electrons. The van der Waals surface area contributed by atoms with E-state index in [4.69, 9.17) is 9.05 Å². The minimum Gasteiger partial charge on any atom is -0.387 e. The molecule has 1 unspecified atom stereocenters. The molecule has 3 atom stereocenters. The molecule has 0 heterocycles. The summed E-state index contributed by atoms with van der Waals surface area (Å²) in [6, 6.07) is -0.856. The average Bonchev–Trinajstić information content (AvgIpc) is 3.04. The fraction of sp³-hybridized carbons (Fsp3) is 0.875. The van der Waals surface area contributed by atoms with Crippen molar-refractivity contribution >= 4 is 13.7 Å². The van der Waals surface area contributed by atoms with Crippen molar-refractivity contribution in [1.29, 1.82) is 0 Å². The zero-order chi connectivity index (χ0) is 36.5. The molecule has 8 nitrogen and oxygen atoms in total. The van der Waals surface area contributed by atoms with Crippen LogP contribution in [0.4, 0.5) is 0 Å². The Morgan fingerprint density at radius 1 is 0.673 bits per heavy atom. The minimum absolute atomic E-state index is 0.0579. The number of hydrogen-bond acceptors (Lipinski definition) is 5. The van der Waals surface area contributed by atoms with Gasteiger partial charge in [-0.25, -0.2) is 4.57 Å². The number of likely N-dealkylation sites (N-methyl/N-ethyl adjacent to an activating group) is 1. The number of phosphoric acid groups is 1. The Morgan fingerprint density at radius 2 is 1.12 bits per heavy atom. The second-order valence-electron chi connectivity index (χ2n) is 15.0. The van der Waals surface area contributed by atoms with Crippen LogP contribution in [-0.2, 0) is 18.4 Å². The summed E-state index contributed by atoms with van der Waals surface area (Å²) in [4.78, 5) is 23.0. The summed E-state index contributed by atoms with van der Waals surface area (Å²) in [5.74, 6) is -0.189. The van der Waals surface area contributed by atoms with E-state index in [0.29, 0.717) is 17.4 Å². The van der Waals surface area contributed by atoms with E-state index >= 15 is 0 Å². The van der Waals surface area contributed by atoms with Crippen LogP contribution in [0.15, 0.2) is 24.3 Å². The lowest BCUT2D eigenvalue weighted by Gasteiger charge is -2.25. The molecule has 0 aromatic heterocycles. The Bertz CT molecular complexity index is 860. The smallest absolute Gasteiger partial charge is 0.387 e. The first-order chi connectivity index (χ1) is 23.5. The van der Waals surface area contributed by atoms with E-state index < -0.39 is 20.0 Å². The molecule has 0 aliphatic heterocycles. The van der Waals surface area contributed by atoms with Crippen molar-refractivity contribution in [2.24, 2.45) is 0 Å². The number of phosphoric ester groups is 1. The predicted octanol–water partition coefficient (Wildman–Crippen LogP) is 10.6. The van der Waals surface area contributed by atoms with Crippen molar-refractivity contribution < 1.29 is 32.9 Å². The number of quaternary nitrogens is 1. The molecule has 0 aliphatic rings. The molecular weight excluding hydrogens is 635 g/mol. The predicted molar refractivity (Wildman–Crippen MR) is 208 cm³/mol. The van der Waals surface area contributed by atoms with Gasteiger partial charge in [-0.2, -0.15) is 0 Å². The third kappa shape index (κ3) is 35.2. The number of allylic oxidation sites excluding steroid dienone is 3. The summed E-state index contributed by atoms with van der Waals surface area (Å²) in [6.07, 6.45) is 36.7. The lowest BCUT2D eigenvalue weighted by Crippen LogP contribution is -2.45. The molecule has 0 rings (SSSR count). The number of carbonyl (C=O) groups is 1. The Kier molecular flexibility index (Phi) is 32.2. The minimum atomic E-state index is -4.33. The second-order valence-corrected chi connectivity index (χ2v) is 16.5. The van der Waals surface area contributed by atoms with Gasteiger partial charge >= 0.3 is 7.82 Å². The van der Waals surface area contributed by atoms with E-state index in [0.717, 1.165) is 38.5 Å². The molecule has 0 spiro atoms. The monoisotopic (exact) mass is 716 g/mol. The fourth-order valence-corrected chi connectivity index (χ4v) is 6.38. The first-order valence-corrected chi connectivity index (χ1v) is 21.7. The van der Waals surface area contributed by atoms with Gasteiger partial charge < -0.3 is 19.8 Å². The molecule has 0 saturated heterocycles. The number of aliphatic hydroxyl groups is 1. The molecule has 0 aromatic carbocycles. The number of unbranched alkanes of at least 4 members (excludes halogenated alkanes) is 21. The van der Waals surface area contributed by atoms with Crippen LogP contribution >= 0.6 is 7.82 Å². The number of amides is 1. The Morgan fingerprint density at radius 3 is 1.63 bits per heavy atom. The number of rotatable bonds is 36. The van der Waals surface area contributed by atoms with Crippen molar-refractivity contribution in [3.05, 3.63) is 24.3 Å². The van der Waals surface area contributed by atoms with Gasteiger partial charge in [0.05, 0.1) is 39.9 Å². The highest BCUT2D eigenvalue weighted by molar-refractivity contribution is 7.47. The molecule has 0 bridgehead atoms. The molecule has 3 N–H and O–H groups in total. The zero-order valence-corrected chi connectivity index (χ0v) is 33.6. The number of aliphatic hydroxyl groups excluding tert-OH is 1. The van der Waals surface area contributed by atoms with Crippen LogP contribution < -0.4 is 5.32 Å². The summed E-state index contributed by atoms with van der Waals surface area (Å²) in [5.41, 5.74) is 0. The molecular formula is C40H80N2O6P+. The van der Waals surface area contributed by atoms with E-state index in [-0.39, 0.29) is 19.1 Å². The Hall–Kier alpha value is -1.02. The zero-order valence-electron chi connectivity index (χ0n) is 32.7. The van der Waals surface area contributed by atoms with Crippen molar-refractivity contribution in [3.8, 4) is 0 Å². The number of nitrogens with zero attached hydrogens (tertiary/aromatic N) is 1. The largest absolute Gasteiger partial charge is 0.472 e. The van der Waals surface area contributed by atoms with Crippen molar-refractivity contribution in [2.75, 3.05) is 40.9 Å². The van der Waals surface area contributed by atoms with Crippen molar-refractivity contribution in [1.82, 2.24) is 5.32 Å². The van der Waals surface area contributed by atoms with Crippen LogP contribution in [0, 0.1) is 0 Å². The van der Waals surface area contributed by atoms with Crippen LogP contribution in [0.2, 0.25) is 0 Å². The molecule has 49 heavy (non-hydrogen) atoms. The van der Waals surface area contributed by atoms with Gasteiger partial charge in [-0.15, -0.1) is 0 Å². The number of hydrogen-bond donors (Lipinski definition) is 3. The molecule has 0 fully saturated rings. The topological polar surface area (TPSA) is 105 Å². The first kappa shape index (κ1) is 48.0. The molecule has 1 amide bonds. The van der Waals surface area contributed by atoms with Gasteiger partial charge in [0.1, 0.15) is 13.2 Å². The summed E-state index contributed by atoms with van der Waals surface area (Å²) in [5, 5.41) is 13.7. The highest BCUT2D eigenvalue weighted by atomic mass is 31.2. The van der Waals surface area contributed by atoms with Crippen molar-refractivity contribution in [2.45, 2.75) is 187 Å². The molecule has 0 aromatic rings. The summed E-state index contributed by atoms with van der Waals surface area (Å²) >= 11 is 0. The van der Waals surface area contributed by atoms with Crippen LogP contribution in [-0.4, -0.2) is 73.4 Å². The van der Waals surface area contributed by atoms with E-state index in [1.54, 1.807) is 6.08 Å². The highest BCUT2D eigenvalue weighted by Crippen LogP contribution is 2.43. The fourth-order valence-electron chi connectivity index (χ4n) is 5.64. The third-order valence-corrected chi connectivity index (χ3v) is 9.91. The van der Waals surface area contributed by atoms with Gasteiger partial charge in [0.2, 0.25) is 5.91 Å². The van der Waals surface area contributed by atoms with E-state index in [1.165, 1.54) is 116 Å². The second kappa shape index (κ2) is 32.9. The maximum absolute atomic E-state index is 12.8. The van der Waals surface area contributed by atoms with Crippen LogP contribution in [0.3, 0.4) is 0 Å². The van der Waals surface area contributed by atoms with E-state index in [9.17, 15) is 19.4 Å². The standard InChI is InChI=1S/C40H79N2O6P/c1-6-8-10-12-14-16-18-20-21-22-23-25-27-29-31-33-39(43)38(37-48-49(45,46)47-36-35-42(3,4)5)41-40(44)34-32-30-28-26-24-19-17-15-13-11-9-7-2/h23,25,31,33,38-39,43H,6-22,24,26-30,32,34-37H2,1-5H3,(H-,41,44,45,46)/p+1/b25-23+,33-31+/t38-,39+/m0/s1. The van der Waals surface area contributed by atoms with E-state index in [2.05, 4.69) is 31.3 Å². The van der Waals surface area contributed by atoms with Crippen LogP contribution in [0.5, 0.6) is 0 Å².